The fourth-order valence-electron chi connectivity index (χ4n) is 0.866. The van der Waals surface area contributed by atoms with Crippen molar-refractivity contribution in [3.8, 4) is 5.88 Å². The highest BCUT2D eigenvalue weighted by Gasteiger charge is 2.06. The van der Waals surface area contributed by atoms with Crippen LogP contribution >= 0.6 is 11.6 Å². The van der Waals surface area contributed by atoms with E-state index in [2.05, 4.69) is 23.8 Å². The molecule has 0 spiro atoms. The number of rotatable bonds is 4. The van der Waals surface area contributed by atoms with Gasteiger partial charge in [-0.05, 0) is 12.3 Å². The normalized spacial score (nSPS) is 10.6. The number of halogens is 1. The van der Waals surface area contributed by atoms with Gasteiger partial charge in [0.2, 0.25) is 5.88 Å². The van der Waals surface area contributed by atoms with Crippen molar-refractivity contribution in [3.05, 3.63) is 11.5 Å². The lowest BCUT2D eigenvalue weighted by atomic mass is 10.1. The summed E-state index contributed by atoms with van der Waals surface area (Å²) in [5, 5.41) is 0.236. The van der Waals surface area contributed by atoms with E-state index in [0.29, 0.717) is 24.1 Å². The van der Waals surface area contributed by atoms with Crippen LogP contribution < -0.4 is 10.5 Å². The molecule has 0 aliphatic rings. The second-order valence-corrected chi connectivity index (χ2v) is 3.77. The summed E-state index contributed by atoms with van der Waals surface area (Å²) >= 11 is 5.70. The van der Waals surface area contributed by atoms with E-state index < -0.39 is 0 Å². The lowest BCUT2D eigenvalue weighted by molar-refractivity contribution is 0.280. The van der Waals surface area contributed by atoms with Gasteiger partial charge in [0, 0.05) is 0 Å². The second kappa shape index (κ2) is 5.00. The summed E-state index contributed by atoms with van der Waals surface area (Å²) in [4.78, 5) is 7.63. The van der Waals surface area contributed by atoms with E-state index in [-0.39, 0.29) is 5.15 Å². The van der Waals surface area contributed by atoms with Crippen LogP contribution in [0.2, 0.25) is 5.15 Å². The molecule has 4 nitrogen and oxygen atoms in total. The summed E-state index contributed by atoms with van der Waals surface area (Å²) in [5.41, 5.74) is 5.92. The van der Waals surface area contributed by atoms with Gasteiger partial charge in [-0.1, -0.05) is 25.4 Å². The smallest absolute Gasteiger partial charge is 0.241 e. The fourth-order valence-corrected chi connectivity index (χ4v) is 0.990. The molecule has 14 heavy (non-hydrogen) atoms. The van der Waals surface area contributed by atoms with Crippen LogP contribution in [-0.4, -0.2) is 16.6 Å². The maximum Gasteiger partial charge on any atom is 0.241 e. The third-order valence-corrected chi connectivity index (χ3v) is 2.03. The molecule has 0 aliphatic carbocycles. The lowest BCUT2D eigenvalue weighted by Gasteiger charge is -2.08. The Kier molecular flexibility index (Phi) is 3.95. The Morgan fingerprint density at radius 2 is 2.21 bits per heavy atom. The summed E-state index contributed by atoms with van der Waals surface area (Å²) in [5.74, 6) is 0.958. The number of aromatic nitrogens is 2. The Morgan fingerprint density at radius 1 is 1.50 bits per heavy atom. The molecule has 5 heteroatoms. The molecule has 1 rings (SSSR count). The average molecular weight is 216 g/mol. The number of nitrogens with two attached hydrogens (primary N) is 1. The predicted octanol–water partition coefficient (Wildman–Crippen LogP) is 2.14. The van der Waals surface area contributed by atoms with Crippen LogP contribution in [0.15, 0.2) is 6.33 Å². The van der Waals surface area contributed by atoms with E-state index in [4.69, 9.17) is 22.1 Å². The number of hydrogen-bond acceptors (Lipinski definition) is 4. The number of ether oxygens (including phenoxy) is 1. The van der Waals surface area contributed by atoms with E-state index in [1.807, 2.05) is 0 Å². The predicted molar refractivity (Wildman–Crippen MR) is 56.4 cm³/mol. The third kappa shape index (κ3) is 3.03. The Bertz CT molecular complexity index is 304. The van der Waals surface area contributed by atoms with Crippen LogP contribution in [0.4, 0.5) is 5.69 Å². The zero-order valence-corrected chi connectivity index (χ0v) is 9.08. The Labute approximate surface area is 88.5 Å². The van der Waals surface area contributed by atoms with Gasteiger partial charge in [-0.25, -0.2) is 4.98 Å². The van der Waals surface area contributed by atoms with Gasteiger partial charge in [-0.2, -0.15) is 4.98 Å². The number of nitrogens with zero attached hydrogens (tertiary/aromatic N) is 2. The molecule has 0 bridgehead atoms. The molecule has 0 radical (unpaired) electrons. The monoisotopic (exact) mass is 215 g/mol. The van der Waals surface area contributed by atoms with Gasteiger partial charge in [-0.15, -0.1) is 0 Å². The van der Waals surface area contributed by atoms with Gasteiger partial charge >= 0.3 is 0 Å². The quantitative estimate of drug-likeness (QED) is 0.782. The van der Waals surface area contributed by atoms with Crippen molar-refractivity contribution in [3.63, 3.8) is 0 Å². The van der Waals surface area contributed by atoms with E-state index in [1.54, 1.807) is 0 Å². The first-order valence-corrected chi connectivity index (χ1v) is 4.87. The van der Waals surface area contributed by atoms with Gasteiger partial charge in [0.25, 0.3) is 0 Å². The van der Waals surface area contributed by atoms with Crippen LogP contribution in [0.1, 0.15) is 20.3 Å². The van der Waals surface area contributed by atoms with Crippen LogP contribution in [0, 0.1) is 5.92 Å². The third-order valence-electron chi connectivity index (χ3n) is 1.73. The number of hydrogen-bond donors (Lipinski definition) is 1. The summed E-state index contributed by atoms with van der Waals surface area (Å²) in [6, 6.07) is 0. The summed E-state index contributed by atoms with van der Waals surface area (Å²) in [6.45, 7) is 4.84. The first-order valence-electron chi connectivity index (χ1n) is 4.50. The maximum absolute atomic E-state index is 5.70. The highest BCUT2D eigenvalue weighted by Crippen LogP contribution is 2.24. The lowest BCUT2D eigenvalue weighted by Crippen LogP contribution is -2.05. The molecule has 0 saturated heterocycles. The van der Waals surface area contributed by atoms with Crippen LogP contribution in [0.3, 0.4) is 0 Å². The van der Waals surface area contributed by atoms with Crippen molar-refractivity contribution in [2.45, 2.75) is 20.3 Å². The molecule has 0 amide bonds. The molecule has 78 valence electrons. The SMILES string of the molecule is CC(C)CCOc1ncnc(Cl)c1N. The minimum Gasteiger partial charge on any atom is -0.476 e. The molecule has 0 saturated carbocycles. The van der Waals surface area contributed by atoms with Crippen molar-refractivity contribution in [1.82, 2.24) is 9.97 Å². The molecule has 0 unspecified atom stereocenters. The molecule has 0 aliphatic heterocycles. The summed E-state index contributed by atoms with van der Waals surface area (Å²) in [6.07, 6.45) is 2.30. The average Bonchev–Trinajstić information content (AvgIpc) is 2.12. The highest BCUT2D eigenvalue weighted by molar-refractivity contribution is 6.32. The van der Waals surface area contributed by atoms with E-state index in [9.17, 15) is 0 Å². The van der Waals surface area contributed by atoms with Gasteiger partial charge < -0.3 is 10.5 Å². The van der Waals surface area contributed by atoms with Crippen LogP contribution in [-0.2, 0) is 0 Å². The minimum absolute atomic E-state index is 0.236. The van der Waals surface area contributed by atoms with Gasteiger partial charge in [0.1, 0.15) is 12.0 Å². The first kappa shape index (κ1) is 11.0. The van der Waals surface area contributed by atoms with E-state index >= 15 is 0 Å². The highest BCUT2D eigenvalue weighted by atomic mass is 35.5. The molecular formula is C9H14ClN3O. The molecule has 0 atom stereocenters. The Morgan fingerprint density at radius 3 is 2.86 bits per heavy atom. The first-order chi connectivity index (χ1) is 6.61. The molecule has 1 aromatic heterocycles. The largest absolute Gasteiger partial charge is 0.476 e. The van der Waals surface area contributed by atoms with Crippen molar-refractivity contribution < 1.29 is 4.74 Å². The molecule has 0 aromatic carbocycles. The zero-order valence-electron chi connectivity index (χ0n) is 8.33. The Hall–Kier alpha value is -1.03. The van der Waals surface area contributed by atoms with Crippen LogP contribution in [0.25, 0.3) is 0 Å². The second-order valence-electron chi connectivity index (χ2n) is 3.41. The van der Waals surface area contributed by atoms with Gasteiger partial charge in [-0.3, -0.25) is 0 Å². The molecular weight excluding hydrogens is 202 g/mol. The number of nitrogen functional groups attached to an aromatic ring is 1. The summed E-state index contributed by atoms with van der Waals surface area (Å²) < 4.78 is 5.37. The van der Waals surface area contributed by atoms with Gasteiger partial charge in [0.15, 0.2) is 5.15 Å². The van der Waals surface area contributed by atoms with Crippen LogP contribution in [0.5, 0.6) is 5.88 Å². The topological polar surface area (TPSA) is 61.0 Å². The number of anilines is 1. The molecule has 1 heterocycles. The van der Waals surface area contributed by atoms with Gasteiger partial charge in [0.05, 0.1) is 6.61 Å². The standard InChI is InChI=1S/C9H14ClN3O/c1-6(2)3-4-14-9-7(11)8(10)12-5-13-9/h5-6H,3-4,11H2,1-2H3. The minimum atomic E-state index is 0.236. The van der Waals surface area contributed by atoms with E-state index in [1.165, 1.54) is 6.33 Å². The van der Waals surface area contributed by atoms with E-state index in [0.717, 1.165) is 6.42 Å². The fraction of sp³-hybridized carbons (Fsp3) is 0.556. The maximum atomic E-state index is 5.70. The van der Waals surface area contributed by atoms with Crippen molar-refractivity contribution in [1.29, 1.82) is 0 Å². The Balaban J connectivity index is 2.54. The van der Waals surface area contributed by atoms with Crippen molar-refractivity contribution in [2.24, 2.45) is 5.92 Å². The van der Waals surface area contributed by atoms with Crippen molar-refractivity contribution in [2.75, 3.05) is 12.3 Å². The summed E-state index contributed by atoms with van der Waals surface area (Å²) in [7, 11) is 0. The molecule has 1 aromatic rings. The molecule has 2 N–H and O–H groups in total. The molecule has 0 fully saturated rings. The van der Waals surface area contributed by atoms with Crippen molar-refractivity contribution >= 4 is 17.3 Å². The zero-order chi connectivity index (χ0) is 10.6.